The molecular formula is C21H32SSn. The van der Waals surface area contributed by atoms with Gasteiger partial charge in [-0.2, -0.15) is 4.90 Å². The zero-order valence-corrected chi connectivity index (χ0v) is 18.2. The summed E-state index contributed by atoms with van der Waals surface area (Å²) in [5.74, 6) is 0. The molecule has 0 N–H and O–H groups in total. The van der Waals surface area contributed by atoms with Gasteiger partial charge >= 0.3 is 109 Å². The molecule has 1 aromatic carbocycles. The molecule has 0 heterocycles. The van der Waals surface area contributed by atoms with E-state index in [2.05, 4.69) is 0 Å². The van der Waals surface area contributed by atoms with Crippen molar-refractivity contribution in [2.75, 3.05) is 0 Å². The van der Waals surface area contributed by atoms with E-state index in [9.17, 15) is 0 Å². The number of hydrogen-bond donors (Lipinski definition) is 0. The Bertz CT molecular complexity index is 390. The van der Waals surface area contributed by atoms with Crippen LogP contribution in [0, 0.1) is 0 Å². The molecule has 0 bridgehead atoms. The molecule has 2 heteroatoms. The summed E-state index contributed by atoms with van der Waals surface area (Å²) < 4.78 is 4.02. The molecular weight excluding hydrogens is 403 g/mol. The van der Waals surface area contributed by atoms with E-state index in [-0.39, 0.29) is 0 Å². The first kappa shape index (κ1) is 18.0. The second kappa shape index (κ2) is 9.65. The first-order valence-corrected chi connectivity index (χ1v) is 15.3. The van der Waals surface area contributed by atoms with Crippen molar-refractivity contribution >= 4 is 32.4 Å². The molecule has 0 radical (unpaired) electrons. The average molecular weight is 435 g/mol. The van der Waals surface area contributed by atoms with Crippen LogP contribution in [-0.4, -0.2) is 19.8 Å². The van der Waals surface area contributed by atoms with Crippen LogP contribution in [0.5, 0.6) is 0 Å². The van der Waals surface area contributed by atoms with Gasteiger partial charge in [-0.3, -0.25) is 0 Å². The van der Waals surface area contributed by atoms with Crippen LogP contribution >= 0.6 is 0 Å². The standard InChI is InChI=1S/C6H6S.3C5H9.Sn/c7-6-4-2-1-3-5-6;3*1-2-4-5-3-1;/h1-5,7H;3*1H,2-5H2;/q;;;;+1/p-1. The molecule has 23 heavy (non-hydrogen) atoms. The van der Waals surface area contributed by atoms with Crippen molar-refractivity contribution in [2.45, 2.75) is 93.7 Å². The van der Waals surface area contributed by atoms with E-state index in [1.54, 1.807) is 77.0 Å². The largest absolute Gasteiger partial charge is 0.780 e. The first-order valence-electron chi connectivity index (χ1n) is 9.93. The van der Waals surface area contributed by atoms with Crippen molar-refractivity contribution in [1.82, 2.24) is 0 Å². The van der Waals surface area contributed by atoms with Crippen LogP contribution in [0.4, 0.5) is 0 Å². The van der Waals surface area contributed by atoms with Gasteiger partial charge in [-0.25, -0.2) is 0 Å². The van der Waals surface area contributed by atoms with Crippen molar-refractivity contribution in [1.29, 1.82) is 0 Å². The molecule has 0 aromatic heterocycles. The van der Waals surface area contributed by atoms with Gasteiger partial charge in [0.1, 0.15) is 0 Å². The molecule has 0 unspecified atom stereocenters. The maximum atomic E-state index is 4.81. The van der Waals surface area contributed by atoms with E-state index >= 15 is 0 Å². The Morgan fingerprint density at radius 1 is 0.609 bits per heavy atom. The van der Waals surface area contributed by atoms with E-state index in [4.69, 9.17) is 12.6 Å². The fourth-order valence-corrected chi connectivity index (χ4v) is 20.3. The molecule has 0 nitrogen and oxygen atoms in total. The minimum Gasteiger partial charge on any atom is -0.780 e. The monoisotopic (exact) mass is 436 g/mol. The van der Waals surface area contributed by atoms with Gasteiger partial charge in [-0.15, -0.1) is 0 Å². The van der Waals surface area contributed by atoms with Crippen molar-refractivity contribution in [3.63, 3.8) is 0 Å². The zero-order chi connectivity index (χ0) is 15.9. The van der Waals surface area contributed by atoms with Crippen LogP contribution in [-0.2, 0) is 12.6 Å². The Morgan fingerprint density at radius 3 is 1.22 bits per heavy atom. The van der Waals surface area contributed by atoms with Crippen molar-refractivity contribution < 1.29 is 0 Å². The summed E-state index contributed by atoms with van der Waals surface area (Å²) in [6, 6.07) is 9.62. The van der Waals surface area contributed by atoms with Crippen LogP contribution < -0.4 is 0 Å². The maximum absolute atomic E-state index is 4.81. The van der Waals surface area contributed by atoms with Crippen LogP contribution in [0.2, 0.25) is 11.8 Å². The molecule has 3 aliphatic rings. The molecule has 0 aliphatic heterocycles. The summed E-state index contributed by atoms with van der Waals surface area (Å²) in [6.45, 7) is 0. The van der Waals surface area contributed by atoms with E-state index in [0.29, 0.717) is 0 Å². The smallest absolute Gasteiger partial charge is 0.0624 e. The summed E-state index contributed by atoms with van der Waals surface area (Å²) in [7, 11) is 0. The number of hydrogen-bond acceptors (Lipinski definition) is 1. The molecule has 4 rings (SSSR count). The van der Waals surface area contributed by atoms with Crippen LogP contribution in [0.25, 0.3) is 0 Å². The molecule has 3 aliphatic carbocycles. The van der Waals surface area contributed by atoms with Gasteiger partial charge in [0.25, 0.3) is 0 Å². The fourth-order valence-electron chi connectivity index (χ4n) is 5.20. The van der Waals surface area contributed by atoms with Crippen LogP contribution in [0.3, 0.4) is 0 Å². The Labute approximate surface area is 156 Å². The minimum absolute atomic E-state index is 0.905. The SMILES string of the molecule is C1CC[CH]([Sn+]([CH]2CCCC2)[CH]2CCCC2)C1.[S-]c1ccccc1. The third-order valence-electron chi connectivity index (χ3n) is 6.22. The summed E-state index contributed by atoms with van der Waals surface area (Å²) in [4.78, 5) is 0.905. The Hall–Kier alpha value is 0.239. The van der Waals surface area contributed by atoms with Gasteiger partial charge < -0.3 is 12.6 Å². The third kappa shape index (κ3) is 5.36. The second-order valence-corrected chi connectivity index (χ2v) is 18.1. The molecule has 0 amide bonds. The summed E-state index contributed by atoms with van der Waals surface area (Å²) in [5, 5.41) is 0. The van der Waals surface area contributed by atoms with Gasteiger partial charge in [0.05, 0.1) is 0 Å². The zero-order valence-electron chi connectivity index (χ0n) is 14.5. The Morgan fingerprint density at radius 2 is 0.957 bits per heavy atom. The summed E-state index contributed by atoms with van der Waals surface area (Å²) in [6.07, 6.45) is 19.6. The number of benzene rings is 1. The molecule has 0 spiro atoms. The predicted octanol–water partition coefficient (Wildman–Crippen LogP) is 6.91. The van der Waals surface area contributed by atoms with Gasteiger partial charge in [0, 0.05) is 0 Å². The molecule has 1 aromatic rings. The molecule has 126 valence electrons. The van der Waals surface area contributed by atoms with E-state index in [1.165, 1.54) is 11.8 Å². The number of rotatable bonds is 3. The van der Waals surface area contributed by atoms with E-state index in [1.807, 2.05) is 30.3 Å². The van der Waals surface area contributed by atoms with E-state index < -0.39 is 19.8 Å². The van der Waals surface area contributed by atoms with Gasteiger partial charge in [-0.05, 0) is 0 Å². The van der Waals surface area contributed by atoms with Crippen LogP contribution in [0.1, 0.15) is 77.0 Å². The fraction of sp³-hybridized carbons (Fsp3) is 0.714. The molecule has 3 saturated carbocycles. The Balaban J connectivity index is 0.000000188. The summed E-state index contributed by atoms with van der Waals surface area (Å²) in [5.41, 5.74) is 0. The van der Waals surface area contributed by atoms with Gasteiger partial charge in [0.2, 0.25) is 0 Å². The van der Waals surface area contributed by atoms with E-state index in [0.717, 1.165) is 4.90 Å². The van der Waals surface area contributed by atoms with Gasteiger partial charge in [0.15, 0.2) is 0 Å². The topological polar surface area (TPSA) is 0 Å². The summed E-state index contributed by atoms with van der Waals surface area (Å²) >= 11 is 3.78. The van der Waals surface area contributed by atoms with Crippen molar-refractivity contribution in [3.05, 3.63) is 30.3 Å². The van der Waals surface area contributed by atoms with Crippen molar-refractivity contribution in [3.8, 4) is 0 Å². The minimum atomic E-state index is -1.04. The third-order valence-corrected chi connectivity index (χ3v) is 19.5. The molecule has 0 saturated heterocycles. The van der Waals surface area contributed by atoms with Gasteiger partial charge in [-0.1, -0.05) is 30.3 Å². The van der Waals surface area contributed by atoms with Crippen LogP contribution in [0.15, 0.2) is 35.2 Å². The van der Waals surface area contributed by atoms with Crippen molar-refractivity contribution in [2.24, 2.45) is 0 Å². The normalized spacial score (nSPS) is 23.0. The quantitative estimate of drug-likeness (QED) is 0.368. The molecule has 3 fully saturated rings. The average Bonchev–Trinajstić information content (AvgIpc) is 3.34. The first-order chi connectivity index (χ1) is 11.3. The Kier molecular flexibility index (Phi) is 7.57. The predicted molar refractivity (Wildman–Crippen MR) is 104 cm³/mol. The molecule has 0 atom stereocenters. The second-order valence-electron chi connectivity index (χ2n) is 7.76. The maximum Gasteiger partial charge on any atom is -0.0624 e.